The highest BCUT2D eigenvalue weighted by Crippen LogP contribution is 2.29. The smallest absolute Gasteiger partial charge is 0.234 e. The van der Waals surface area contributed by atoms with Gasteiger partial charge < -0.3 is 10.2 Å². The number of aryl methyl sites for hydroxylation is 2. The van der Waals surface area contributed by atoms with E-state index in [1.54, 1.807) is 4.90 Å². The average molecular weight is 425 g/mol. The molecule has 1 heterocycles. The van der Waals surface area contributed by atoms with Gasteiger partial charge >= 0.3 is 0 Å². The van der Waals surface area contributed by atoms with E-state index in [0.717, 1.165) is 25.5 Å². The number of benzene rings is 1. The summed E-state index contributed by atoms with van der Waals surface area (Å²) in [6.45, 7) is 9.31. The van der Waals surface area contributed by atoms with Crippen LogP contribution in [-0.4, -0.2) is 51.5 Å². The summed E-state index contributed by atoms with van der Waals surface area (Å²) in [4.78, 5) is 26.0. The van der Waals surface area contributed by atoms with Crippen molar-refractivity contribution in [3.05, 3.63) is 29.3 Å². The molecule has 0 fully saturated rings. The SMILES string of the molecule is CCN(CC)C(=O)CSc1nnc(SCC(=O)Nc2c(C)cccc2C)s1. The Morgan fingerprint density at radius 3 is 2.15 bits per heavy atom. The molecule has 0 aliphatic carbocycles. The molecule has 2 rings (SSSR count). The Balaban J connectivity index is 1.82. The molecule has 0 spiro atoms. The number of carbonyl (C=O) groups is 2. The second-order valence-electron chi connectivity index (χ2n) is 5.79. The number of anilines is 1. The van der Waals surface area contributed by atoms with Crippen molar-refractivity contribution in [1.29, 1.82) is 0 Å². The maximum Gasteiger partial charge on any atom is 0.234 e. The van der Waals surface area contributed by atoms with Gasteiger partial charge in [0.15, 0.2) is 8.68 Å². The minimum atomic E-state index is -0.0708. The van der Waals surface area contributed by atoms with Gasteiger partial charge in [0.1, 0.15) is 0 Å². The van der Waals surface area contributed by atoms with E-state index in [9.17, 15) is 9.59 Å². The van der Waals surface area contributed by atoms with Crippen LogP contribution in [-0.2, 0) is 9.59 Å². The van der Waals surface area contributed by atoms with Gasteiger partial charge in [-0.1, -0.05) is 53.1 Å². The molecule has 0 aliphatic rings. The third kappa shape index (κ3) is 6.51. The van der Waals surface area contributed by atoms with Crippen molar-refractivity contribution < 1.29 is 9.59 Å². The van der Waals surface area contributed by atoms with Crippen LogP contribution in [0.3, 0.4) is 0 Å². The number of carbonyl (C=O) groups excluding carboxylic acids is 2. The van der Waals surface area contributed by atoms with E-state index >= 15 is 0 Å². The summed E-state index contributed by atoms with van der Waals surface area (Å²) in [6.07, 6.45) is 0. The van der Waals surface area contributed by atoms with Crippen molar-refractivity contribution in [3.8, 4) is 0 Å². The van der Waals surface area contributed by atoms with Gasteiger partial charge in [-0.25, -0.2) is 0 Å². The van der Waals surface area contributed by atoms with Gasteiger partial charge in [-0.2, -0.15) is 0 Å². The molecule has 1 aromatic heterocycles. The first-order valence-electron chi connectivity index (χ1n) is 8.67. The first kappa shape index (κ1) is 21.7. The molecule has 0 aliphatic heterocycles. The van der Waals surface area contributed by atoms with E-state index in [2.05, 4.69) is 15.5 Å². The molecule has 0 saturated carbocycles. The number of amides is 2. The number of nitrogens with one attached hydrogen (secondary N) is 1. The van der Waals surface area contributed by atoms with E-state index in [0.29, 0.717) is 18.8 Å². The second kappa shape index (κ2) is 10.7. The van der Waals surface area contributed by atoms with Crippen molar-refractivity contribution in [2.24, 2.45) is 0 Å². The zero-order valence-corrected chi connectivity index (χ0v) is 18.4. The Morgan fingerprint density at radius 1 is 1.04 bits per heavy atom. The molecule has 146 valence electrons. The summed E-state index contributed by atoms with van der Waals surface area (Å²) >= 11 is 4.15. The van der Waals surface area contributed by atoms with Crippen LogP contribution in [0.2, 0.25) is 0 Å². The molecule has 2 aromatic rings. The highest BCUT2D eigenvalue weighted by molar-refractivity contribution is 8.03. The normalized spacial score (nSPS) is 10.7. The number of aromatic nitrogens is 2. The molecule has 0 saturated heterocycles. The quantitative estimate of drug-likeness (QED) is 0.616. The van der Waals surface area contributed by atoms with Crippen LogP contribution in [0.25, 0.3) is 0 Å². The van der Waals surface area contributed by atoms with Gasteiger partial charge in [0.05, 0.1) is 11.5 Å². The predicted molar refractivity (Wildman–Crippen MR) is 114 cm³/mol. The molecule has 6 nitrogen and oxygen atoms in total. The van der Waals surface area contributed by atoms with Crippen LogP contribution in [0.1, 0.15) is 25.0 Å². The summed E-state index contributed by atoms with van der Waals surface area (Å²) in [7, 11) is 0. The van der Waals surface area contributed by atoms with Crippen LogP contribution in [0.4, 0.5) is 5.69 Å². The lowest BCUT2D eigenvalue weighted by atomic mass is 10.1. The molecular formula is C18H24N4O2S3. The predicted octanol–water partition coefficient (Wildman–Crippen LogP) is 3.85. The standard InChI is InChI=1S/C18H24N4O2S3/c1-5-22(6-2)15(24)11-26-18-21-20-17(27-18)25-10-14(23)19-16-12(3)8-7-9-13(16)4/h7-9H,5-6,10-11H2,1-4H3,(H,19,23). The van der Waals surface area contributed by atoms with Crippen molar-refractivity contribution in [2.45, 2.75) is 36.4 Å². The fourth-order valence-electron chi connectivity index (χ4n) is 2.42. The highest BCUT2D eigenvalue weighted by atomic mass is 32.2. The molecule has 0 atom stereocenters. The molecule has 0 bridgehead atoms. The third-order valence-electron chi connectivity index (χ3n) is 3.90. The van der Waals surface area contributed by atoms with Crippen LogP contribution < -0.4 is 5.32 Å². The number of thioether (sulfide) groups is 2. The lowest BCUT2D eigenvalue weighted by Crippen LogP contribution is -2.31. The van der Waals surface area contributed by atoms with Crippen molar-refractivity contribution >= 4 is 52.4 Å². The minimum Gasteiger partial charge on any atom is -0.343 e. The van der Waals surface area contributed by atoms with E-state index in [1.165, 1.54) is 34.9 Å². The molecule has 27 heavy (non-hydrogen) atoms. The second-order valence-corrected chi connectivity index (χ2v) is 9.21. The maximum absolute atomic E-state index is 12.2. The van der Waals surface area contributed by atoms with Gasteiger partial charge in [-0.05, 0) is 38.8 Å². The first-order chi connectivity index (χ1) is 12.9. The van der Waals surface area contributed by atoms with Crippen LogP contribution in [0, 0.1) is 13.8 Å². The molecule has 0 unspecified atom stereocenters. The molecule has 0 radical (unpaired) electrons. The summed E-state index contributed by atoms with van der Waals surface area (Å²) in [5.41, 5.74) is 2.95. The minimum absolute atomic E-state index is 0.0708. The summed E-state index contributed by atoms with van der Waals surface area (Å²) in [6, 6.07) is 5.92. The van der Waals surface area contributed by atoms with Crippen molar-refractivity contribution in [3.63, 3.8) is 0 Å². The van der Waals surface area contributed by atoms with Crippen molar-refractivity contribution in [2.75, 3.05) is 29.9 Å². The number of hydrogen-bond acceptors (Lipinski definition) is 7. The summed E-state index contributed by atoms with van der Waals surface area (Å²) in [5, 5.41) is 11.2. The Kier molecular flexibility index (Phi) is 8.59. The monoisotopic (exact) mass is 424 g/mol. The topological polar surface area (TPSA) is 75.2 Å². The highest BCUT2D eigenvalue weighted by Gasteiger charge is 2.14. The largest absolute Gasteiger partial charge is 0.343 e. The number of nitrogens with zero attached hydrogens (tertiary/aromatic N) is 3. The maximum atomic E-state index is 12.2. The lowest BCUT2D eigenvalue weighted by molar-refractivity contribution is -0.128. The van der Waals surface area contributed by atoms with E-state index in [1.807, 2.05) is 45.9 Å². The lowest BCUT2D eigenvalue weighted by Gasteiger charge is -2.17. The van der Waals surface area contributed by atoms with E-state index in [4.69, 9.17) is 0 Å². The Labute approximate surface area is 172 Å². The molecule has 1 aromatic carbocycles. The van der Waals surface area contributed by atoms with E-state index < -0.39 is 0 Å². The van der Waals surface area contributed by atoms with E-state index in [-0.39, 0.29) is 17.6 Å². The molecular weight excluding hydrogens is 400 g/mol. The van der Waals surface area contributed by atoms with Crippen LogP contribution >= 0.6 is 34.9 Å². The fourth-order valence-corrected chi connectivity index (χ4v) is 5.14. The Hall–Kier alpha value is -1.58. The van der Waals surface area contributed by atoms with Gasteiger partial charge in [0.25, 0.3) is 0 Å². The Morgan fingerprint density at radius 2 is 1.59 bits per heavy atom. The first-order valence-corrected chi connectivity index (χ1v) is 11.5. The van der Waals surface area contributed by atoms with Crippen molar-refractivity contribution in [1.82, 2.24) is 15.1 Å². The molecule has 1 N–H and O–H groups in total. The summed E-state index contributed by atoms with van der Waals surface area (Å²) < 4.78 is 1.47. The average Bonchev–Trinajstić information content (AvgIpc) is 3.10. The van der Waals surface area contributed by atoms with Crippen LogP contribution in [0.15, 0.2) is 26.9 Å². The third-order valence-corrected chi connectivity index (χ3v) is 7.07. The van der Waals surface area contributed by atoms with Gasteiger partial charge in [0.2, 0.25) is 11.8 Å². The number of rotatable bonds is 9. The zero-order chi connectivity index (χ0) is 19.8. The molecule has 9 heteroatoms. The van der Waals surface area contributed by atoms with Gasteiger partial charge in [-0.15, -0.1) is 10.2 Å². The van der Waals surface area contributed by atoms with Gasteiger partial charge in [0, 0.05) is 18.8 Å². The summed E-state index contributed by atoms with van der Waals surface area (Å²) in [5.74, 6) is 0.653. The number of hydrogen-bond donors (Lipinski definition) is 1. The zero-order valence-electron chi connectivity index (χ0n) is 15.9. The van der Waals surface area contributed by atoms with Crippen LogP contribution in [0.5, 0.6) is 0 Å². The Bertz CT molecular complexity index is 770. The fraction of sp³-hybridized carbons (Fsp3) is 0.444. The number of para-hydroxylation sites is 1. The molecule has 2 amide bonds. The van der Waals surface area contributed by atoms with Gasteiger partial charge in [-0.3, -0.25) is 9.59 Å².